The fraction of sp³-hybridized carbons (Fsp3) is 0.409. The van der Waals surface area contributed by atoms with Crippen molar-refractivity contribution in [3.05, 3.63) is 36.2 Å². The number of amides is 1. The standard InChI is InChI=1S/C22H25FN10O2S/c1-29-6-11-33(28-29)19-17-16(15(23)13-25-19)14(12-24-17)18(34)22(35)32-9-7-31(8-10-32)21-20(26-36-27-21)30-4-2-3-5-30/h6,11-13,24,28H,2-5,7-10H2,1H3. The van der Waals surface area contributed by atoms with E-state index in [9.17, 15) is 14.0 Å². The van der Waals surface area contributed by atoms with Crippen molar-refractivity contribution in [2.24, 2.45) is 0 Å². The zero-order valence-electron chi connectivity index (χ0n) is 19.6. The minimum Gasteiger partial charge on any atom is -0.357 e. The van der Waals surface area contributed by atoms with Crippen molar-refractivity contribution in [1.82, 2.24) is 34.2 Å². The van der Waals surface area contributed by atoms with Crippen LogP contribution in [-0.4, -0.2) is 86.6 Å². The zero-order valence-corrected chi connectivity index (χ0v) is 20.5. The van der Waals surface area contributed by atoms with Crippen LogP contribution in [0.2, 0.25) is 0 Å². The van der Waals surface area contributed by atoms with Gasteiger partial charge < -0.3 is 19.7 Å². The molecule has 0 atom stereocenters. The van der Waals surface area contributed by atoms with Gasteiger partial charge in [0.25, 0.3) is 11.7 Å². The molecule has 2 fully saturated rings. The van der Waals surface area contributed by atoms with Crippen LogP contribution in [0.25, 0.3) is 10.9 Å². The Bertz CT molecular complexity index is 1340. The minimum atomic E-state index is -0.749. The largest absolute Gasteiger partial charge is 0.357 e. The molecule has 0 aliphatic carbocycles. The highest BCUT2D eigenvalue weighted by Gasteiger charge is 2.32. The van der Waals surface area contributed by atoms with E-state index in [4.69, 9.17) is 0 Å². The summed E-state index contributed by atoms with van der Waals surface area (Å²) in [7, 11) is 1.80. The number of carbonyl (C=O) groups excluding carboxylic acids is 2. The predicted octanol–water partition coefficient (Wildman–Crippen LogP) is 1.33. The fourth-order valence-corrected chi connectivity index (χ4v) is 5.45. The van der Waals surface area contributed by atoms with Gasteiger partial charge in [0.1, 0.15) is 0 Å². The van der Waals surface area contributed by atoms with Crippen molar-refractivity contribution in [2.75, 3.05) is 61.1 Å². The quantitative estimate of drug-likeness (QED) is 0.383. The number of carbonyl (C=O) groups is 2. The highest BCUT2D eigenvalue weighted by atomic mass is 32.1. The lowest BCUT2D eigenvalue weighted by Gasteiger charge is -2.35. The van der Waals surface area contributed by atoms with Crippen molar-refractivity contribution < 1.29 is 14.0 Å². The lowest BCUT2D eigenvalue weighted by molar-refractivity contribution is -0.126. The summed E-state index contributed by atoms with van der Waals surface area (Å²) in [5.74, 6) is 0.0647. The number of hydrazine groups is 2. The first kappa shape index (κ1) is 22.7. The van der Waals surface area contributed by atoms with Gasteiger partial charge in [-0.25, -0.2) is 14.4 Å². The fourth-order valence-electron chi connectivity index (χ4n) is 4.86. The van der Waals surface area contributed by atoms with Crippen LogP contribution in [0.4, 0.5) is 21.8 Å². The smallest absolute Gasteiger partial charge is 0.295 e. The second-order valence-electron chi connectivity index (χ2n) is 8.98. The third-order valence-electron chi connectivity index (χ3n) is 6.74. The molecule has 3 aromatic rings. The molecule has 6 heterocycles. The summed E-state index contributed by atoms with van der Waals surface area (Å²) in [6, 6.07) is 0. The molecule has 1 amide bonds. The van der Waals surface area contributed by atoms with Crippen LogP contribution >= 0.6 is 11.7 Å². The summed E-state index contributed by atoms with van der Waals surface area (Å²) in [5, 5.41) is 3.34. The van der Waals surface area contributed by atoms with Crippen LogP contribution in [0.3, 0.4) is 0 Å². The number of hydrogen-bond donors (Lipinski definition) is 2. The van der Waals surface area contributed by atoms with E-state index in [0.29, 0.717) is 37.5 Å². The number of fused-ring (bicyclic) bond motifs is 1. The van der Waals surface area contributed by atoms with E-state index < -0.39 is 17.5 Å². The number of aromatic amines is 1. The lowest BCUT2D eigenvalue weighted by Crippen LogP contribution is -2.51. The average molecular weight is 513 g/mol. The van der Waals surface area contributed by atoms with E-state index in [2.05, 4.69) is 34.0 Å². The topological polar surface area (TPSA) is 117 Å². The molecule has 3 aromatic heterocycles. The summed E-state index contributed by atoms with van der Waals surface area (Å²) < 4.78 is 23.8. The maximum Gasteiger partial charge on any atom is 0.295 e. The summed E-state index contributed by atoms with van der Waals surface area (Å²) >= 11 is 1.19. The van der Waals surface area contributed by atoms with Gasteiger partial charge in [0.2, 0.25) is 0 Å². The van der Waals surface area contributed by atoms with Gasteiger partial charge in [0.15, 0.2) is 23.3 Å². The van der Waals surface area contributed by atoms with Gasteiger partial charge in [-0.2, -0.15) is 8.75 Å². The van der Waals surface area contributed by atoms with Crippen LogP contribution in [0.1, 0.15) is 23.2 Å². The number of pyridine rings is 1. The Hall–Kier alpha value is -3.78. The first-order chi connectivity index (χ1) is 17.5. The van der Waals surface area contributed by atoms with Crippen LogP contribution < -0.4 is 20.3 Å². The number of halogens is 1. The number of aromatic nitrogens is 4. The van der Waals surface area contributed by atoms with E-state index in [1.54, 1.807) is 29.5 Å². The van der Waals surface area contributed by atoms with Gasteiger partial charge in [-0.05, 0) is 12.8 Å². The molecule has 0 unspecified atom stereocenters. The number of hydrogen-bond acceptors (Lipinski definition) is 11. The zero-order chi connectivity index (χ0) is 24.8. The molecule has 6 rings (SSSR count). The number of Topliss-reactive ketones (excluding diaryl/α,β-unsaturated/α-hetero) is 1. The molecule has 14 heteroatoms. The summed E-state index contributed by atoms with van der Waals surface area (Å²) in [5.41, 5.74) is 3.33. The molecule has 3 aliphatic heterocycles. The molecule has 0 radical (unpaired) electrons. The van der Waals surface area contributed by atoms with E-state index in [1.165, 1.54) is 22.8 Å². The molecular formula is C22H25FN10O2S. The minimum absolute atomic E-state index is 0.00451. The lowest BCUT2D eigenvalue weighted by atomic mass is 10.1. The van der Waals surface area contributed by atoms with Crippen LogP contribution in [0.15, 0.2) is 24.8 Å². The molecule has 0 bridgehead atoms. The van der Waals surface area contributed by atoms with E-state index in [1.807, 2.05) is 0 Å². The Balaban J connectivity index is 1.18. The van der Waals surface area contributed by atoms with Gasteiger partial charge in [0.05, 0.1) is 34.4 Å². The number of rotatable bonds is 5. The van der Waals surface area contributed by atoms with Crippen LogP contribution in [0.5, 0.6) is 0 Å². The normalized spacial score (nSPS) is 18.2. The Morgan fingerprint density at radius 3 is 2.33 bits per heavy atom. The second kappa shape index (κ2) is 9.02. The summed E-state index contributed by atoms with van der Waals surface area (Å²) in [4.78, 5) is 39.3. The Morgan fingerprint density at radius 1 is 0.972 bits per heavy atom. The third-order valence-corrected chi connectivity index (χ3v) is 7.25. The molecule has 0 saturated carbocycles. The first-order valence-corrected chi connectivity index (χ1v) is 12.5. The maximum absolute atomic E-state index is 14.8. The third kappa shape index (κ3) is 3.82. The molecule has 3 aliphatic rings. The van der Waals surface area contributed by atoms with Gasteiger partial charge in [0, 0.05) is 64.9 Å². The van der Waals surface area contributed by atoms with Gasteiger partial charge in [-0.3, -0.25) is 14.6 Å². The second-order valence-corrected chi connectivity index (χ2v) is 9.50. The number of H-pyrrole nitrogens is 1. The highest BCUT2D eigenvalue weighted by Crippen LogP contribution is 2.31. The molecular weight excluding hydrogens is 487 g/mol. The summed E-state index contributed by atoms with van der Waals surface area (Å²) in [6.07, 6.45) is 8.22. The van der Waals surface area contributed by atoms with Crippen molar-refractivity contribution in [1.29, 1.82) is 0 Å². The Kier molecular flexibility index (Phi) is 5.68. The summed E-state index contributed by atoms with van der Waals surface area (Å²) in [6.45, 7) is 3.78. The first-order valence-electron chi connectivity index (χ1n) is 11.8. The Labute approximate surface area is 210 Å². The number of nitrogens with zero attached hydrogens (tertiary/aromatic N) is 8. The SMILES string of the molecule is CN1C=CN(c2ncc(F)c3c(C(=O)C(=O)N4CCN(c5nsnc5N5CCCC5)CC4)c[nH]c23)N1. The molecule has 188 valence electrons. The molecule has 12 nitrogen and oxygen atoms in total. The van der Waals surface area contributed by atoms with Crippen molar-refractivity contribution >= 4 is 51.8 Å². The molecule has 36 heavy (non-hydrogen) atoms. The van der Waals surface area contributed by atoms with Crippen molar-refractivity contribution in [3.63, 3.8) is 0 Å². The molecule has 2 N–H and O–H groups in total. The monoisotopic (exact) mass is 512 g/mol. The van der Waals surface area contributed by atoms with Crippen LogP contribution in [0, 0.1) is 5.82 Å². The number of ketones is 1. The van der Waals surface area contributed by atoms with E-state index in [-0.39, 0.29) is 10.9 Å². The molecule has 0 spiro atoms. The van der Waals surface area contributed by atoms with Crippen molar-refractivity contribution in [3.8, 4) is 0 Å². The maximum atomic E-state index is 14.8. The Morgan fingerprint density at radius 2 is 1.67 bits per heavy atom. The number of anilines is 3. The predicted molar refractivity (Wildman–Crippen MR) is 133 cm³/mol. The number of piperazine rings is 1. The number of nitrogens with one attached hydrogen (secondary N) is 2. The van der Waals surface area contributed by atoms with Crippen LogP contribution in [-0.2, 0) is 4.79 Å². The molecule has 0 aromatic carbocycles. The van der Waals surface area contributed by atoms with Gasteiger partial charge in [-0.15, -0.1) is 5.53 Å². The van der Waals surface area contributed by atoms with E-state index in [0.717, 1.165) is 43.8 Å². The van der Waals surface area contributed by atoms with Crippen molar-refractivity contribution in [2.45, 2.75) is 12.8 Å². The molecule has 2 saturated heterocycles. The average Bonchev–Trinajstić information content (AvgIpc) is 3.70. The van der Waals surface area contributed by atoms with Gasteiger partial charge in [-0.1, -0.05) is 0 Å². The van der Waals surface area contributed by atoms with Gasteiger partial charge >= 0.3 is 0 Å². The highest BCUT2D eigenvalue weighted by molar-refractivity contribution is 6.99. The van der Waals surface area contributed by atoms with E-state index >= 15 is 0 Å².